The van der Waals surface area contributed by atoms with Crippen LogP contribution in [0.2, 0.25) is 19.1 Å². The smallest absolute Gasteiger partial charge is 0.0412 e. The summed E-state index contributed by atoms with van der Waals surface area (Å²) >= 11 is 0. The Balaban J connectivity index is 2.90. The molecule has 0 aliphatic rings. The molecule has 0 saturated heterocycles. The van der Waals surface area contributed by atoms with E-state index in [0.717, 1.165) is 0 Å². The van der Waals surface area contributed by atoms with E-state index in [1.807, 2.05) is 0 Å². The van der Waals surface area contributed by atoms with Crippen molar-refractivity contribution in [2.24, 2.45) is 0 Å². The molecule has 0 bridgehead atoms. The van der Waals surface area contributed by atoms with E-state index in [0.29, 0.717) is 0 Å². The molecule has 0 aromatic rings. The minimum absolute atomic E-state index is 0.0515. The maximum atomic E-state index is 2.44. The summed E-state index contributed by atoms with van der Waals surface area (Å²) in [5.41, 5.74) is 0. The predicted octanol–water partition coefficient (Wildman–Crippen LogP) is 6.83. The van der Waals surface area contributed by atoms with E-state index in [9.17, 15) is 0 Å². The molecule has 0 aromatic carbocycles. The van der Waals surface area contributed by atoms with Crippen molar-refractivity contribution in [3.63, 3.8) is 0 Å². The minimum Gasteiger partial charge on any atom is -0.0713 e. The lowest BCUT2D eigenvalue weighted by atomic mass is 10.1. The highest BCUT2D eigenvalue weighted by molar-refractivity contribution is 6.55. The topological polar surface area (TPSA) is 0 Å². The van der Waals surface area contributed by atoms with Crippen LogP contribution in [0.1, 0.15) is 90.4 Å². The monoisotopic (exact) mass is 269 g/mol. The van der Waals surface area contributed by atoms with Crippen LogP contribution < -0.4 is 0 Å². The van der Waals surface area contributed by atoms with Gasteiger partial charge >= 0.3 is 0 Å². The van der Waals surface area contributed by atoms with E-state index in [1.54, 1.807) is 0 Å². The predicted molar refractivity (Wildman–Crippen MR) is 88.0 cm³/mol. The van der Waals surface area contributed by atoms with Crippen molar-refractivity contribution < 1.29 is 0 Å². The van der Waals surface area contributed by atoms with Gasteiger partial charge in [0.2, 0.25) is 0 Å². The van der Waals surface area contributed by atoms with Gasteiger partial charge < -0.3 is 0 Å². The van der Waals surface area contributed by atoms with Crippen molar-refractivity contribution in [2.45, 2.75) is 110 Å². The highest BCUT2D eigenvalue weighted by atomic mass is 28.3. The third-order valence-electron chi connectivity index (χ3n) is 3.78. The van der Waals surface area contributed by atoms with Gasteiger partial charge in [0.05, 0.1) is 0 Å². The maximum absolute atomic E-state index is 2.44. The molecule has 0 amide bonds. The molecule has 0 aliphatic carbocycles. The number of unbranched alkanes of at least 4 members (excludes halogenated alkanes) is 12. The van der Waals surface area contributed by atoms with Crippen molar-refractivity contribution in [3.05, 3.63) is 0 Å². The molecular weight excluding hydrogens is 232 g/mol. The Hall–Kier alpha value is 0.217. The SMILES string of the molecule is CCCCCCCCCCCCCCC[Si](C)C. The van der Waals surface area contributed by atoms with Gasteiger partial charge in [-0.15, -0.1) is 0 Å². The zero-order valence-electron chi connectivity index (χ0n) is 13.4. The fraction of sp³-hybridized carbons (Fsp3) is 1.00. The third-order valence-corrected chi connectivity index (χ3v) is 5.13. The van der Waals surface area contributed by atoms with Crippen molar-refractivity contribution >= 4 is 8.80 Å². The maximum Gasteiger partial charge on any atom is 0.0412 e. The summed E-state index contributed by atoms with van der Waals surface area (Å²) in [5, 5.41) is 0. The largest absolute Gasteiger partial charge is 0.0713 e. The second kappa shape index (κ2) is 15.3. The Morgan fingerprint density at radius 3 is 1.17 bits per heavy atom. The Bertz CT molecular complexity index is 143. The van der Waals surface area contributed by atoms with Crippen molar-refractivity contribution in [3.8, 4) is 0 Å². The molecule has 0 aromatic heterocycles. The van der Waals surface area contributed by atoms with Crippen LogP contribution in [0.3, 0.4) is 0 Å². The second-order valence-corrected chi connectivity index (χ2v) is 9.11. The van der Waals surface area contributed by atoms with Gasteiger partial charge in [0.25, 0.3) is 0 Å². The first kappa shape index (κ1) is 18.2. The lowest BCUT2D eigenvalue weighted by molar-refractivity contribution is 0.542. The van der Waals surface area contributed by atoms with Crippen LogP contribution >= 0.6 is 0 Å². The quantitative estimate of drug-likeness (QED) is 0.239. The molecule has 0 aliphatic heterocycles. The van der Waals surface area contributed by atoms with Crippen LogP contribution in [-0.4, -0.2) is 8.80 Å². The third kappa shape index (κ3) is 16.2. The number of rotatable bonds is 14. The normalized spacial score (nSPS) is 11.3. The molecule has 0 unspecified atom stereocenters. The molecule has 0 N–H and O–H groups in total. The Morgan fingerprint density at radius 2 is 0.833 bits per heavy atom. The van der Waals surface area contributed by atoms with E-state index in [4.69, 9.17) is 0 Å². The van der Waals surface area contributed by atoms with Crippen molar-refractivity contribution in [1.29, 1.82) is 0 Å². The van der Waals surface area contributed by atoms with Crippen LogP contribution in [0.15, 0.2) is 0 Å². The summed E-state index contributed by atoms with van der Waals surface area (Å²) in [6.45, 7) is 7.17. The van der Waals surface area contributed by atoms with Gasteiger partial charge in [-0.05, 0) is 0 Å². The average Bonchev–Trinajstić information content (AvgIpc) is 2.34. The van der Waals surface area contributed by atoms with Gasteiger partial charge in [-0.2, -0.15) is 0 Å². The highest BCUT2D eigenvalue weighted by Crippen LogP contribution is 2.13. The molecule has 0 fully saturated rings. The molecule has 18 heavy (non-hydrogen) atoms. The van der Waals surface area contributed by atoms with Gasteiger partial charge in [0.15, 0.2) is 0 Å². The fourth-order valence-corrected chi connectivity index (χ4v) is 3.45. The molecule has 0 atom stereocenters. The van der Waals surface area contributed by atoms with Crippen molar-refractivity contribution in [1.82, 2.24) is 0 Å². The summed E-state index contributed by atoms with van der Waals surface area (Å²) < 4.78 is 0. The summed E-state index contributed by atoms with van der Waals surface area (Å²) in [6, 6.07) is 1.53. The van der Waals surface area contributed by atoms with Crippen molar-refractivity contribution in [2.75, 3.05) is 0 Å². The summed E-state index contributed by atoms with van der Waals surface area (Å²) in [5.74, 6) is 0. The molecule has 0 rings (SSSR count). The van der Waals surface area contributed by atoms with Gasteiger partial charge in [-0.1, -0.05) is 110 Å². The summed E-state index contributed by atoms with van der Waals surface area (Å²) in [4.78, 5) is 0. The zero-order valence-corrected chi connectivity index (χ0v) is 14.4. The van der Waals surface area contributed by atoms with E-state index >= 15 is 0 Å². The standard InChI is InChI=1S/C17H37Si/c1-4-5-6-7-8-9-10-11-12-13-14-15-16-17-18(2)3/h4-17H2,1-3H3. The minimum atomic E-state index is 0.0515. The molecule has 1 heteroatoms. The fourth-order valence-electron chi connectivity index (χ4n) is 2.50. The molecule has 0 spiro atoms. The first-order valence-electron chi connectivity index (χ1n) is 8.56. The average molecular weight is 270 g/mol. The second-order valence-electron chi connectivity index (χ2n) is 6.20. The lowest BCUT2D eigenvalue weighted by Gasteiger charge is -2.04. The number of hydrogen-bond donors (Lipinski definition) is 0. The van der Waals surface area contributed by atoms with Gasteiger partial charge in [0, 0.05) is 8.80 Å². The van der Waals surface area contributed by atoms with E-state index < -0.39 is 0 Å². The van der Waals surface area contributed by atoms with Gasteiger partial charge in [-0.25, -0.2) is 0 Å². The van der Waals surface area contributed by atoms with Crippen LogP contribution in [0.5, 0.6) is 0 Å². The van der Waals surface area contributed by atoms with Gasteiger partial charge in [0.1, 0.15) is 0 Å². The Kier molecular flexibility index (Phi) is 15.5. The molecule has 0 saturated carbocycles. The molecule has 109 valence electrons. The summed E-state index contributed by atoms with van der Waals surface area (Å²) in [7, 11) is 0.0515. The van der Waals surface area contributed by atoms with E-state index in [1.165, 1.54) is 89.5 Å². The van der Waals surface area contributed by atoms with Crippen LogP contribution in [-0.2, 0) is 0 Å². The summed E-state index contributed by atoms with van der Waals surface area (Å²) in [6.07, 6.45) is 19.2. The highest BCUT2D eigenvalue weighted by Gasteiger charge is 1.96. The lowest BCUT2D eigenvalue weighted by Crippen LogP contribution is -1.97. The Labute approximate surface area is 119 Å². The first-order chi connectivity index (χ1) is 8.77. The number of hydrogen-bond acceptors (Lipinski definition) is 0. The van der Waals surface area contributed by atoms with Crippen LogP contribution in [0, 0.1) is 0 Å². The van der Waals surface area contributed by atoms with Gasteiger partial charge in [-0.3, -0.25) is 0 Å². The Morgan fingerprint density at radius 1 is 0.500 bits per heavy atom. The van der Waals surface area contributed by atoms with E-state index in [-0.39, 0.29) is 8.80 Å². The molecule has 0 nitrogen and oxygen atoms in total. The zero-order chi connectivity index (χ0) is 13.5. The first-order valence-corrected chi connectivity index (χ1v) is 11.3. The van der Waals surface area contributed by atoms with E-state index in [2.05, 4.69) is 20.0 Å². The van der Waals surface area contributed by atoms with Crippen LogP contribution in [0.4, 0.5) is 0 Å². The molecule has 1 radical (unpaired) electrons. The molecular formula is C17H37Si. The molecule has 0 heterocycles. The van der Waals surface area contributed by atoms with Crippen LogP contribution in [0.25, 0.3) is 0 Å².